The number of nitro groups is 1. The van der Waals surface area contributed by atoms with Crippen LogP contribution in [0.25, 0.3) is 11.0 Å². The number of nitrogens with one attached hydrogen (secondary N) is 1. The first-order chi connectivity index (χ1) is 14.2. The third kappa shape index (κ3) is 2.94. The Labute approximate surface area is 165 Å². The maximum Gasteiger partial charge on any atom is 0.323 e. The van der Waals surface area contributed by atoms with Gasteiger partial charge in [0.05, 0.1) is 10.6 Å². The van der Waals surface area contributed by atoms with Crippen LogP contribution in [0.15, 0.2) is 65.3 Å². The number of nitro benzene ring substituents is 1. The van der Waals surface area contributed by atoms with Crippen molar-refractivity contribution in [1.29, 1.82) is 0 Å². The molecule has 0 saturated heterocycles. The van der Waals surface area contributed by atoms with E-state index in [0.717, 1.165) is 29.9 Å². The molecule has 144 valence electrons. The molecule has 0 unspecified atom stereocenters. The molecule has 0 amide bonds. The maximum atomic E-state index is 11.8. The van der Waals surface area contributed by atoms with Gasteiger partial charge in [-0.05, 0) is 40.0 Å². The molecular formula is C21H17N5O3. The lowest BCUT2D eigenvalue weighted by Gasteiger charge is -2.20. The van der Waals surface area contributed by atoms with E-state index >= 15 is 0 Å². The number of rotatable bonds is 5. The van der Waals surface area contributed by atoms with Crippen LogP contribution in [0.1, 0.15) is 11.1 Å². The van der Waals surface area contributed by atoms with Gasteiger partial charge in [0.15, 0.2) is 5.52 Å². The minimum Gasteiger partial charge on any atom is -0.375 e. The highest BCUT2D eigenvalue weighted by Crippen LogP contribution is 2.43. The van der Waals surface area contributed by atoms with E-state index in [1.807, 2.05) is 48.5 Å². The van der Waals surface area contributed by atoms with Gasteiger partial charge in [0.2, 0.25) is 5.52 Å². The minimum absolute atomic E-state index is 0.131. The molecule has 8 heteroatoms. The molecule has 2 heterocycles. The quantitative estimate of drug-likeness (QED) is 0.399. The molecule has 3 aromatic carbocycles. The fourth-order valence-electron chi connectivity index (χ4n) is 3.82. The summed E-state index contributed by atoms with van der Waals surface area (Å²) >= 11 is 0. The van der Waals surface area contributed by atoms with Crippen LogP contribution in [0, 0.1) is 10.1 Å². The molecule has 1 aliphatic rings. The Morgan fingerprint density at radius 3 is 2.62 bits per heavy atom. The monoisotopic (exact) mass is 387 g/mol. The van der Waals surface area contributed by atoms with E-state index in [0.29, 0.717) is 17.7 Å². The fourth-order valence-corrected chi connectivity index (χ4v) is 3.82. The lowest BCUT2D eigenvalue weighted by Crippen LogP contribution is -2.15. The molecule has 0 atom stereocenters. The first kappa shape index (κ1) is 17.2. The number of para-hydroxylation sites is 1. The van der Waals surface area contributed by atoms with Crippen molar-refractivity contribution in [2.24, 2.45) is 0 Å². The normalized spacial score (nSPS) is 12.9. The van der Waals surface area contributed by atoms with Gasteiger partial charge in [0.1, 0.15) is 5.69 Å². The number of hydrogen-bond donors (Lipinski definition) is 1. The highest BCUT2D eigenvalue weighted by atomic mass is 16.6. The number of benzene rings is 3. The predicted octanol–water partition coefficient (Wildman–Crippen LogP) is 4.44. The number of fused-ring (bicyclic) bond motifs is 2. The second kappa shape index (κ2) is 6.90. The third-order valence-corrected chi connectivity index (χ3v) is 5.18. The summed E-state index contributed by atoms with van der Waals surface area (Å²) in [5.41, 5.74) is 4.86. The molecule has 1 aliphatic heterocycles. The van der Waals surface area contributed by atoms with E-state index < -0.39 is 4.92 Å². The van der Waals surface area contributed by atoms with Crippen molar-refractivity contribution < 1.29 is 9.55 Å². The Kier molecular flexibility index (Phi) is 4.09. The zero-order chi connectivity index (χ0) is 19.8. The van der Waals surface area contributed by atoms with E-state index in [1.165, 1.54) is 5.56 Å². The van der Waals surface area contributed by atoms with Gasteiger partial charge in [-0.3, -0.25) is 10.1 Å². The number of anilines is 3. The number of nitrogens with zero attached hydrogens (tertiary/aromatic N) is 4. The molecule has 1 N–H and O–H groups in total. The Hall–Kier alpha value is -3.94. The standard InChI is InChI=1S/C21H17N5O3/c27-26(28)21-16(22-13-14-6-2-1-3-7-14)12-18(19-20(21)24-29-23-19)25-11-10-15-8-4-5-9-17(15)25/h1-9,12,22H,10-11,13H2. The van der Waals surface area contributed by atoms with Gasteiger partial charge in [0.25, 0.3) is 0 Å². The lowest BCUT2D eigenvalue weighted by atomic mass is 10.1. The highest BCUT2D eigenvalue weighted by molar-refractivity contribution is 6.01. The van der Waals surface area contributed by atoms with Crippen molar-refractivity contribution in [2.45, 2.75) is 13.0 Å². The fraction of sp³-hybridized carbons (Fsp3) is 0.143. The summed E-state index contributed by atoms with van der Waals surface area (Å²) in [5.74, 6) is 0. The van der Waals surface area contributed by atoms with E-state index in [2.05, 4.69) is 26.6 Å². The Bertz CT molecular complexity index is 1210. The van der Waals surface area contributed by atoms with Crippen molar-refractivity contribution in [1.82, 2.24) is 10.3 Å². The van der Waals surface area contributed by atoms with Crippen LogP contribution in [0.4, 0.5) is 22.7 Å². The average molecular weight is 387 g/mol. The van der Waals surface area contributed by atoms with Crippen molar-refractivity contribution in [3.05, 3.63) is 81.9 Å². The lowest BCUT2D eigenvalue weighted by molar-refractivity contribution is -0.382. The summed E-state index contributed by atoms with van der Waals surface area (Å²) in [6.45, 7) is 1.21. The van der Waals surface area contributed by atoms with Gasteiger partial charge >= 0.3 is 5.69 Å². The van der Waals surface area contributed by atoms with Crippen LogP contribution >= 0.6 is 0 Å². The molecule has 29 heavy (non-hydrogen) atoms. The summed E-state index contributed by atoms with van der Waals surface area (Å²) in [6.07, 6.45) is 0.896. The highest BCUT2D eigenvalue weighted by Gasteiger charge is 2.30. The summed E-state index contributed by atoms with van der Waals surface area (Å²) in [5, 5.41) is 22.8. The van der Waals surface area contributed by atoms with Crippen LogP contribution in [0.3, 0.4) is 0 Å². The zero-order valence-electron chi connectivity index (χ0n) is 15.4. The van der Waals surface area contributed by atoms with Gasteiger partial charge in [0, 0.05) is 18.8 Å². The molecule has 0 spiro atoms. The minimum atomic E-state index is -0.443. The largest absolute Gasteiger partial charge is 0.375 e. The van der Waals surface area contributed by atoms with Crippen molar-refractivity contribution in [2.75, 3.05) is 16.8 Å². The summed E-state index contributed by atoms with van der Waals surface area (Å²) in [6, 6.07) is 19.6. The first-order valence-corrected chi connectivity index (χ1v) is 9.29. The summed E-state index contributed by atoms with van der Waals surface area (Å²) in [4.78, 5) is 13.5. The average Bonchev–Trinajstić information content (AvgIpc) is 3.39. The van der Waals surface area contributed by atoms with E-state index in [-0.39, 0.29) is 11.2 Å². The molecule has 0 bridgehead atoms. The molecule has 8 nitrogen and oxygen atoms in total. The zero-order valence-corrected chi connectivity index (χ0v) is 15.4. The van der Waals surface area contributed by atoms with Crippen molar-refractivity contribution in [3.63, 3.8) is 0 Å². The SMILES string of the molecule is O=[N+]([O-])c1c(NCc2ccccc2)cc(N2CCc3ccccc32)c2nonc12. The van der Waals surface area contributed by atoms with Crippen LogP contribution in [0.5, 0.6) is 0 Å². The van der Waals surface area contributed by atoms with Crippen molar-refractivity contribution in [3.8, 4) is 0 Å². The van der Waals surface area contributed by atoms with Gasteiger partial charge in [-0.15, -0.1) is 0 Å². The van der Waals surface area contributed by atoms with Crippen molar-refractivity contribution >= 4 is 33.8 Å². The van der Waals surface area contributed by atoms with Gasteiger partial charge in [-0.2, -0.15) is 0 Å². The summed E-state index contributed by atoms with van der Waals surface area (Å²) < 4.78 is 4.90. The first-order valence-electron chi connectivity index (χ1n) is 9.29. The van der Waals surface area contributed by atoms with Gasteiger partial charge in [-0.1, -0.05) is 48.5 Å². The van der Waals surface area contributed by atoms with Crippen LogP contribution in [0.2, 0.25) is 0 Å². The predicted molar refractivity (Wildman–Crippen MR) is 109 cm³/mol. The Morgan fingerprint density at radius 2 is 1.79 bits per heavy atom. The molecule has 5 rings (SSSR count). The second-order valence-corrected chi connectivity index (χ2v) is 6.88. The number of hydrogen-bond acceptors (Lipinski definition) is 7. The van der Waals surface area contributed by atoms with Gasteiger partial charge in [-0.25, -0.2) is 4.63 Å². The third-order valence-electron chi connectivity index (χ3n) is 5.18. The number of aromatic nitrogens is 2. The van der Waals surface area contributed by atoms with E-state index in [4.69, 9.17) is 4.63 Å². The molecule has 0 radical (unpaired) electrons. The maximum absolute atomic E-state index is 11.8. The van der Waals surface area contributed by atoms with Crippen LogP contribution < -0.4 is 10.2 Å². The molecule has 0 saturated carbocycles. The summed E-state index contributed by atoms with van der Waals surface area (Å²) in [7, 11) is 0. The molecule has 0 aliphatic carbocycles. The Morgan fingerprint density at radius 1 is 1.03 bits per heavy atom. The molecular weight excluding hydrogens is 370 g/mol. The Balaban J connectivity index is 1.63. The van der Waals surface area contributed by atoms with E-state index in [1.54, 1.807) is 6.07 Å². The molecule has 4 aromatic rings. The van der Waals surface area contributed by atoms with E-state index in [9.17, 15) is 10.1 Å². The molecule has 1 aromatic heterocycles. The van der Waals surface area contributed by atoms with Crippen LogP contribution in [-0.2, 0) is 13.0 Å². The second-order valence-electron chi connectivity index (χ2n) is 6.88. The smallest absolute Gasteiger partial charge is 0.323 e. The van der Waals surface area contributed by atoms with Crippen LogP contribution in [-0.4, -0.2) is 21.8 Å². The molecule has 0 fully saturated rings. The van der Waals surface area contributed by atoms with Gasteiger partial charge < -0.3 is 10.2 Å². The topological polar surface area (TPSA) is 97.3 Å².